The molecular formula is C25H41N3O3S. The first-order chi connectivity index (χ1) is 15.4. The first-order valence-electron chi connectivity index (χ1n) is 12.1. The third kappa shape index (κ3) is 7.41. The van der Waals surface area contributed by atoms with Crippen LogP contribution in [0.25, 0.3) is 0 Å². The average Bonchev–Trinajstić information content (AvgIpc) is 3.19. The zero-order valence-corrected chi connectivity index (χ0v) is 21.0. The Kier molecular flexibility index (Phi) is 11.4. The second-order valence-electron chi connectivity index (χ2n) is 8.68. The van der Waals surface area contributed by atoms with Gasteiger partial charge in [0, 0.05) is 34.4 Å². The van der Waals surface area contributed by atoms with Crippen molar-refractivity contribution < 1.29 is 13.8 Å². The van der Waals surface area contributed by atoms with E-state index in [0.29, 0.717) is 24.3 Å². The Balaban J connectivity index is 2.06. The molecule has 1 aromatic carbocycles. The molecule has 180 valence electrons. The summed E-state index contributed by atoms with van der Waals surface area (Å²) in [7, 11) is 0.765. The van der Waals surface area contributed by atoms with Crippen molar-refractivity contribution in [2.45, 2.75) is 89.9 Å². The molecule has 7 heteroatoms. The highest BCUT2D eigenvalue weighted by atomic mass is 32.2. The second kappa shape index (κ2) is 13.7. The van der Waals surface area contributed by atoms with Gasteiger partial charge in [0.05, 0.1) is 6.04 Å². The molecule has 1 saturated heterocycles. The summed E-state index contributed by atoms with van der Waals surface area (Å²) in [6, 6.07) is 9.41. The second-order valence-corrected chi connectivity index (χ2v) is 10.3. The molecule has 1 fully saturated rings. The van der Waals surface area contributed by atoms with E-state index in [1.54, 1.807) is 7.05 Å². The minimum absolute atomic E-state index is 0.0205. The molecule has 2 N–H and O–H groups in total. The number of aryl methyl sites for hydroxylation is 1. The molecule has 32 heavy (non-hydrogen) atoms. The molecule has 1 aliphatic rings. The molecule has 0 aromatic heterocycles. The van der Waals surface area contributed by atoms with Crippen LogP contribution in [0.3, 0.4) is 0 Å². The van der Waals surface area contributed by atoms with E-state index >= 15 is 0 Å². The van der Waals surface area contributed by atoms with Crippen LogP contribution in [-0.4, -0.2) is 63.6 Å². The normalized spacial score (nSPS) is 21.2. The van der Waals surface area contributed by atoms with Gasteiger partial charge in [0.1, 0.15) is 6.04 Å². The van der Waals surface area contributed by atoms with Crippen molar-refractivity contribution in [1.82, 2.24) is 15.5 Å². The molecule has 0 bridgehead atoms. The van der Waals surface area contributed by atoms with Crippen LogP contribution in [0.4, 0.5) is 0 Å². The fourth-order valence-corrected chi connectivity index (χ4v) is 5.97. The molecule has 6 nitrogen and oxygen atoms in total. The van der Waals surface area contributed by atoms with Crippen LogP contribution in [0.2, 0.25) is 0 Å². The Morgan fingerprint density at radius 2 is 1.72 bits per heavy atom. The lowest BCUT2D eigenvalue weighted by Crippen LogP contribution is -2.55. The van der Waals surface area contributed by atoms with E-state index in [0.717, 1.165) is 32.1 Å². The number of rotatable bonds is 13. The van der Waals surface area contributed by atoms with Crippen molar-refractivity contribution in [3.8, 4) is 0 Å². The Bertz CT molecular complexity index is 739. The van der Waals surface area contributed by atoms with E-state index in [-0.39, 0.29) is 29.9 Å². The molecule has 1 heterocycles. The van der Waals surface area contributed by atoms with Crippen molar-refractivity contribution in [1.29, 1.82) is 0 Å². The molecule has 0 aliphatic carbocycles. The lowest BCUT2D eigenvalue weighted by atomic mass is 10.1. The Morgan fingerprint density at radius 1 is 1.06 bits per heavy atom. The van der Waals surface area contributed by atoms with Gasteiger partial charge in [-0.2, -0.15) is 0 Å². The van der Waals surface area contributed by atoms with Crippen molar-refractivity contribution in [3.05, 3.63) is 35.9 Å². The standard InChI is InChI=1S/C25H41N3O3S/c1-5-11-20-14-15-21(18-32(31)17-16-19-12-9-8-10-13-19)28(20)25(30)23(7-3)27-24(29)22(6-2)26-4/h8-10,12-13,20-23,26H,5-7,11,14-18H2,1-4H3,(H,27,29)/t20-,21-,22?,23-,32?/m0/s1. The summed E-state index contributed by atoms with van der Waals surface area (Å²) >= 11 is 0. The van der Waals surface area contributed by atoms with Crippen LogP contribution in [0.5, 0.6) is 0 Å². The van der Waals surface area contributed by atoms with Crippen LogP contribution >= 0.6 is 0 Å². The summed E-state index contributed by atoms with van der Waals surface area (Å²) in [5.74, 6) is 0.962. The van der Waals surface area contributed by atoms with Gasteiger partial charge >= 0.3 is 0 Å². The SMILES string of the molecule is CCC[C@H]1CC[C@@H](CS(=O)CCc2ccccc2)N1C(=O)[C@H](CC)NC(=O)C(CC)NC. The highest BCUT2D eigenvalue weighted by Gasteiger charge is 2.40. The first kappa shape index (κ1) is 26.5. The number of benzene rings is 1. The zero-order chi connectivity index (χ0) is 23.5. The van der Waals surface area contributed by atoms with Crippen LogP contribution in [-0.2, 0) is 26.8 Å². The third-order valence-electron chi connectivity index (χ3n) is 6.43. The van der Waals surface area contributed by atoms with Gasteiger partial charge in [0.2, 0.25) is 11.8 Å². The van der Waals surface area contributed by atoms with E-state index in [9.17, 15) is 13.8 Å². The van der Waals surface area contributed by atoms with Crippen LogP contribution in [0.15, 0.2) is 30.3 Å². The minimum atomic E-state index is -0.994. The van der Waals surface area contributed by atoms with E-state index in [2.05, 4.69) is 29.7 Å². The van der Waals surface area contributed by atoms with Gasteiger partial charge in [-0.25, -0.2) is 0 Å². The lowest BCUT2D eigenvalue weighted by molar-refractivity contribution is -0.139. The number of hydrogen-bond donors (Lipinski definition) is 2. The maximum absolute atomic E-state index is 13.6. The Hall–Kier alpha value is -1.73. The maximum atomic E-state index is 13.6. The smallest absolute Gasteiger partial charge is 0.245 e. The fraction of sp³-hybridized carbons (Fsp3) is 0.680. The number of amides is 2. The third-order valence-corrected chi connectivity index (χ3v) is 7.85. The molecule has 0 spiro atoms. The lowest BCUT2D eigenvalue weighted by Gasteiger charge is -2.34. The van der Waals surface area contributed by atoms with Crippen LogP contribution in [0.1, 0.15) is 64.9 Å². The molecule has 0 radical (unpaired) electrons. The largest absolute Gasteiger partial charge is 0.343 e. The van der Waals surface area contributed by atoms with Gasteiger partial charge in [-0.05, 0) is 51.1 Å². The zero-order valence-electron chi connectivity index (χ0n) is 20.1. The summed E-state index contributed by atoms with van der Waals surface area (Å²) in [4.78, 5) is 28.1. The van der Waals surface area contributed by atoms with Crippen molar-refractivity contribution in [2.75, 3.05) is 18.6 Å². The predicted molar refractivity (Wildman–Crippen MR) is 132 cm³/mol. The number of likely N-dealkylation sites (tertiary alicyclic amines) is 1. The highest BCUT2D eigenvalue weighted by Crippen LogP contribution is 2.29. The quantitative estimate of drug-likeness (QED) is 0.471. The molecule has 2 rings (SSSR count). The summed E-state index contributed by atoms with van der Waals surface area (Å²) in [5, 5.41) is 5.96. The van der Waals surface area contributed by atoms with Gasteiger partial charge in [0.25, 0.3) is 0 Å². The number of likely N-dealkylation sites (N-methyl/N-ethyl adjacent to an activating group) is 1. The average molecular weight is 464 g/mol. The van der Waals surface area contributed by atoms with Gasteiger partial charge < -0.3 is 15.5 Å². The number of hydrogen-bond acceptors (Lipinski definition) is 4. The fourth-order valence-electron chi connectivity index (χ4n) is 4.59. The van der Waals surface area contributed by atoms with Gasteiger partial charge in [-0.1, -0.05) is 57.5 Å². The summed E-state index contributed by atoms with van der Waals surface area (Å²) in [6.45, 7) is 6.01. The van der Waals surface area contributed by atoms with E-state index < -0.39 is 16.8 Å². The molecule has 5 atom stereocenters. The van der Waals surface area contributed by atoms with Crippen molar-refractivity contribution >= 4 is 22.6 Å². The van der Waals surface area contributed by atoms with E-state index in [4.69, 9.17) is 0 Å². The minimum Gasteiger partial charge on any atom is -0.343 e. The molecule has 2 unspecified atom stereocenters. The van der Waals surface area contributed by atoms with E-state index in [1.165, 1.54) is 5.56 Å². The number of nitrogens with one attached hydrogen (secondary N) is 2. The summed E-state index contributed by atoms with van der Waals surface area (Å²) in [5.41, 5.74) is 1.19. The van der Waals surface area contributed by atoms with Gasteiger partial charge in [0.15, 0.2) is 0 Å². The Labute approximate surface area is 196 Å². The maximum Gasteiger partial charge on any atom is 0.245 e. The van der Waals surface area contributed by atoms with E-state index in [1.807, 2.05) is 36.9 Å². The molecular weight excluding hydrogens is 422 g/mol. The predicted octanol–water partition coefficient (Wildman–Crippen LogP) is 3.03. The molecule has 0 saturated carbocycles. The van der Waals surface area contributed by atoms with Crippen LogP contribution in [0, 0.1) is 0 Å². The summed E-state index contributed by atoms with van der Waals surface area (Å²) < 4.78 is 12.9. The monoisotopic (exact) mass is 463 g/mol. The number of carbonyl (C=O) groups excluding carboxylic acids is 2. The van der Waals surface area contributed by atoms with Crippen molar-refractivity contribution in [3.63, 3.8) is 0 Å². The molecule has 1 aromatic rings. The first-order valence-corrected chi connectivity index (χ1v) is 13.6. The molecule has 1 aliphatic heterocycles. The van der Waals surface area contributed by atoms with Crippen molar-refractivity contribution in [2.24, 2.45) is 0 Å². The van der Waals surface area contributed by atoms with Gasteiger partial charge in [-0.3, -0.25) is 13.8 Å². The topological polar surface area (TPSA) is 78.5 Å². The molecule has 2 amide bonds. The highest BCUT2D eigenvalue weighted by molar-refractivity contribution is 7.85. The van der Waals surface area contributed by atoms with Gasteiger partial charge in [-0.15, -0.1) is 0 Å². The van der Waals surface area contributed by atoms with Crippen LogP contribution < -0.4 is 10.6 Å². The number of carbonyl (C=O) groups is 2. The number of nitrogens with zero attached hydrogens (tertiary/aromatic N) is 1. The summed E-state index contributed by atoms with van der Waals surface area (Å²) in [6.07, 6.45) is 5.76. The Morgan fingerprint density at radius 3 is 2.31 bits per heavy atom.